The number of amides is 1. The highest BCUT2D eigenvalue weighted by Gasteiger charge is 2.25. The van der Waals surface area contributed by atoms with Crippen molar-refractivity contribution in [1.82, 2.24) is 5.32 Å². The molecule has 0 aromatic rings. The van der Waals surface area contributed by atoms with Crippen molar-refractivity contribution in [2.45, 2.75) is 58.4 Å². The topological polar surface area (TPSA) is 55.1 Å². The van der Waals surface area contributed by atoms with Crippen molar-refractivity contribution in [3.05, 3.63) is 0 Å². The van der Waals surface area contributed by atoms with Crippen LogP contribution >= 0.6 is 11.8 Å². The van der Waals surface area contributed by atoms with Crippen molar-refractivity contribution < 1.29 is 4.79 Å². The largest absolute Gasteiger partial charge is 0.349 e. The Morgan fingerprint density at radius 1 is 1.24 bits per heavy atom. The van der Waals surface area contributed by atoms with Crippen LogP contribution in [-0.2, 0) is 4.79 Å². The molecular weight excluding hydrogens is 232 g/mol. The molecule has 0 bridgehead atoms. The molecule has 0 aliphatic heterocycles. The molecule has 0 unspecified atom stereocenters. The van der Waals surface area contributed by atoms with Crippen molar-refractivity contribution in [3.63, 3.8) is 0 Å². The highest BCUT2D eigenvalue weighted by atomic mass is 32.2. The third-order valence-electron chi connectivity index (χ3n) is 3.26. The minimum atomic E-state index is -0.189. The second kappa shape index (κ2) is 9.77. The summed E-state index contributed by atoms with van der Waals surface area (Å²) >= 11 is 1.86. The molecule has 0 radical (unpaired) electrons. The summed E-state index contributed by atoms with van der Waals surface area (Å²) in [5, 5.41) is 3.09. The number of hydrogen-bond acceptors (Lipinski definition) is 3. The first-order valence-corrected chi connectivity index (χ1v) is 7.88. The predicted molar refractivity (Wildman–Crippen MR) is 77.4 cm³/mol. The van der Waals surface area contributed by atoms with E-state index in [2.05, 4.69) is 26.1 Å². The number of carbonyl (C=O) groups is 1. The Morgan fingerprint density at radius 2 is 1.88 bits per heavy atom. The summed E-state index contributed by atoms with van der Waals surface area (Å²) in [6.45, 7) is 6.86. The van der Waals surface area contributed by atoms with Crippen LogP contribution in [-0.4, -0.2) is 29.5 Å². The SMILES string of the molecule is CCCCSCCC(=O)NC(CC)(CC)CN. The van der Waals surface area contributed by atoms with E-state index in [-0.39, 0.29) is 11.4 Å². The first kappa shape index (κ1) is 16.8. The van der Waals surface area contributed by atoms with Gasteiger partial charge in [-0.25, -0.2) is 0 Å². The summed E-state index contributed by atoms with van der Waals surface area (Å²) in [5.74, 6) is 2.22. The average Bonchev–Trinajstić information content (AvgIpc) is 2.36. The van der Waals surface area contributed by atoms with Crippen molar-refractivity contribution in [2.75, 3.05) is 18.1 Å². The van der Waals surface area contributed by atoms with Crippen LogP contribution in [0.1, 0.15) is 52.9 Å². The molecule has 0 aliphatic carbocycles. The quantitative estimate of drug-likeness (QED) is 0.594. The van der Waals surface area contributed by atoms with Gasteiger partial charge >= 0.3 is 0 Å². The van der Waals surface area contributed by atoms with Crippen LogP contribution in [0.5, 0.6) is 0 Å². The molecule has 0 saturated heterocycles. The van der Waals surface area contributed by atoms with Crippen molar-refractivity contribution in [2.24, 2.45) is 5.73 Å². The number of carbonyl (C=O) groups excluding carboxylic acids is 1. The fourth-order valence-electron chi connectivity index (χ4n) is 1.64. The monoisotopic (exact) mass is 260 g/mol. The van der Waals surface area contributed by atoms with Crippen LogP contribution in [0.4, 0.5) is 0 Å². The third-order valence-corrected chi connectivity index (χ3v) is 4.33. The van der Waals surface area contributed by atoms with E-state index >= 15 is 0 Å². The van der Waals surface area contributed by atoms with Crippen LogP contribution in [0.15, 0.2) is 0 Å². The molecule has 102 valence electrons. The van der Waals surface area contributed by atoms with Gasteiger partial charge in [0.25, 0.3) is 0 Å². The molecule has 0 fully saturated rings. The number of nitrogens with two attached hydrogens (primary N) is 1. The fourth-order valence-corrected chi connectivity index (χ4v) is 2.66. The van der Waals surface area contributed by atoms with E-state index in [9.17, 15) is 4.79 Å². The normalized spacial score (nSPS) is 11.5. The lowest BCUT2D eigenvalue weighted by molar-refractivity contribution is -0.122. The zero-order valence-corrected chi connectivity index (χ0v) is 12.4. The number of hydrogen-bond donors (Lipinski definition) is 2. The van der Waals surface area contributed by atoms with Gasteiger partial charge < -0.3 is 11.1 Å². The van der Waals surface area contributed by atoms with Gasteiger partial charge in [0.15, 0.2) is 0 Å². The summed E-state index contributed by atoms with van der Waals surface area (Å²) in [6, 6.07) is 0. The van der Waals surface area contributed by atoms with Gasteiger partial charge in [-0.3, -0.25) is 4.79 Å². The Labute approximate surface area is 110 Å². The van der Waals surface area contributed by atoms with Crippen LogP contribution in [0.2, 0.25) is 0 Å². The molecule has 17 heavy (non-hydrogen) atoms. The van der Waals surface area contributed by atoms with Crippen LogP contribution < -0.4 is 11.1 Å². The van der Waals surface area contributed by atoms with Gasteiger partial charge in [0, 0.05) is 18.7 Å². The molecule has 3 nitrogen and oxygen atoms in total. The first-order valence-electron chi connectivity index (χ1n) is 6.73. The smallest absolute Gasteiger partial charge is 0.221 e. The molecule has 4 heteroatoms. The molecule has 1 amide bonds. The van der Waals surface area contributed by atoms with Gasteiger partial charge in [-0.1, -0.05) is 27.2 Å². The van der Waals surface area contributed by atoms with E-state index in [4.69, 9.17) is 5.73 Å². The van der Waals surface area contributed by atoms with Gasteiger partial charge in [0.05, 0.1) is 5.54 Å². The van der Waals surface area contributed by atoms with E-state index in [0.29, 0.717) is 13.0 Å². The summed E-state index contributed by atoms with van der Waals surface area (Å²) in [6.07, 6.45) is 4.86. The maximum absolute atomic E-state index is 11.8. The van der Waals surface area contributed by atoms with Crippen LogP contribution in [0.25, 0.3) is 0 Å². The number of rotatable bonds is 10. The summed E-state index contributed by atoms with van der Waals surface area (Å²) in [5.41, 5.74) is 5.56. The molecular formula is C13H28N2OS. The summed E-state index contributed by atoms with van der Waals surface area (Å²) in [4.78, 5) is 11.8. The van der Waals surface area contributed by atoms with Crippen LogP contribution in [0.3, 0.4) is 0 Å². The van der Waals surface area contributed by atoms with Gasteiger partial charge in [-0.15, -0.1) is 0 Å². The first-order chi connectivity index (χ1) is 8.14. The molecule has 0 rings (SSSR count). The Kier molecular flexibility index (Phi) is 9.65. The zero-order valence-electron chi connectivity index (χ0n) is 11.6. The molecule has 0 aromatic heterocycles. The highest BCUT2D eigenvalue weighted by Crippen LogP contribution is 2.14. The lowest BCUT2D eigenvalue weighted by Gasteiger charge is -2.31. The van der Waals surface area contributed by atoms with Crippen molar-refractivity contribution in [1.29, 1.82) is 0 Å². The van der Waals surface area contributed by atoms with E-state index < -0.39 is 0 Å². The molecule has 0 aliphatic rings. The Morgan fingerprint density at radius 3 is 2.35 bits per heavy atom. The van der Waals surface area contributed by atoms with Gasteiger partial charge in [-0.05, 0) is 25.0 Å². The average molecular weight is 260 g/mol. The third kappa shape index (κ3) is 6.94. The number of unbranched alkanes of at least 4 members (excludes halogenated alkanes) is 1. The summed E-state index contributed by atoms with van der Waals surface area (Å²) < 4.78 is 0. The van der Waals surface area contributed by atoms with E-state index in [1.807, 2.05) is 11.8 Å². The van der Waals surface area contributed by atoms with Gasteiger partial charge in [-0.2, -0.15) is 11.8 Å². The summed E-state index contributed by atoms with van der Waals surface area (Å²) in [7, 11) is 0. The number of thioether (sulfide) groups is 1. The Balaban J connectivity index is 3.83. The van der Waals surface area contributed by atoms with Crippen LogP contribution in [0, 0.1) is 0 Å². The Hall–Kier alpha value is -0.220. The minimum Gasteiger partial charge on any atom is -0.349 e. The molecule has 3 N–H and O–H groups in total. The minimum absolute atomic E-state index is 0.142. The van der Waals surface area contributed by atoms with Gasteiger partial charge in [0.1, 0.15) is 0 Å². The Bertz CT molecular complexity index is 197. The maximum atomic E-state index is 11.8. The predicted octanol–water partition coefficient (Wildman–Crippen LogP) is 2.54. The second-order valence-corrected chi connectivity index (χ2v) is 5.68. The molecule has 0 heterocycles. The van der Waals surface area contributed by atoms with E-state index in [1.165, 1.54) is 12.8 Å². The highest BCUT2D eigenvalue weighted by molar-refractivity contribution is 7.99. The van der Waals surface area contributed by atoms with E-state index in [1.54, 1.807) is 0 Å². The number of nitrogens with one attached hydrogen (secondary N) is 1. The fraction of sp³-hybridized carbons (Fsp3) is 0.923. The zero-order chi connectivity index (χ0) is 13.1. The molecule has 0 aromatic carbocycles. The lowest BCUT2D eigenvalue weighted by Crippen LogP contribution is -2.52. The van der Waals surface area contributed by atoms with E-state index in [0.717, 1.165) is 24.3 Å². The van der Waals surface area contributed by atoms with Gasteiger partial charge in [0.2, 0.25) is 5.91 Å². The van der Waals surface area contributed by atoms with Crippen molar-refractivity contribution in [3.8, 4) is 0 Å². The molecule has 0 saturated carbocycles. The maximum Gasteiger partial charge on any atom is 0.221 e. The standard InChI is InChI=1S/C13H28N2OS/c1-4-7-9-17-10-8-12(16)15-13(5-2,6-3)11-14/h4-11,14H2,1-3H3,(H,15,16). The molecule has 0 spiro atoms. The van der Waals surface area contributed by atoms with Crippen molar-refractivity contribution >= 4 is 17.7 Å². The molecule has 0 atom stereocenters. The second-order valence-electron chi connectivity index (χ2n) is 4.46. The lowest BCUT2D eigenvalue weighted by atomic mass is 9.93.